The second-order valence-corrected chi connectivity index (χ2v) is 14.1. The van der Waals surface area contributed by atoms with E-state index in [4.69, 9.17) is 0 Å². The number of likely N-dealkylation sites (tertiary alicyclic amines) is 1. The number of likely N-dealkylation sites (N-methyl/N-ethyl adjacent to an activating group) is 1. The average Bonchev–Trinajstić information content (AvgIpc) is 3.40. The van der Waals surface area contributed by atoms with Crippen molar-refractivity contribution in [2.45, 2.75) is 70.2 Å². The maximum absolute atomic E-state index is 15.5. The van der Waals surface area contributed by atoms with E-state index in [-0.39, 0.29) is 17.2 Å². The van der Waals surface area contributed by atoms with E-state index in [9.17, 15) is 15.0 Å². The lowest BCUT2D eigenvalue weighted by Gasteiger charge is -2.35. The molecule has 1 fully saturated rings. The van der Waals surface area contributed by atoms with E-state index in [2.05, 4.69) is 33.4 Å². The second-order valence-electron chi connectivity index (χ2n) is 14.1. The van der Waals surface area contributed by atoms with E-state index in [1.807, 2.05) is 57.3 Å². The number of halogens is 1. The zero-order chi connectivity index (χ0) is 33.2. The van der Waals surface area contributed by atoms with E-state index in [0.29, 0.717) is 40.6 Å². The van der Waals surface area contributed by atoms with Crippen LogP contribution in [0, 0.1) is 5.82 Å². The van der Waals surface area contributed by atoms with Crippen molar-refractivity contribution >= 4 is 22.2 Å². The fourth-order valence-electron chi connectivity index (χ4n) is 7.21. The predicted octanol–water partition coefficient (Wildman–Crippen LogP) is 5.26. The molecule has 47 heavy (non-hydrogen) atoms. The molecule has 244 valence electrons. The molecule has 2 aromatic carbocycles. The van der Waals surface area contributed by atoms with Gasteiger partial charge in [-0.1, -0.05) is 39.0 Å². The van der Waals surface area contributed by atoms with Crippen molar-refractivity contribution in [3.63, 3.8) is 0 Å². The third-order valence-corrected chi connectivity index (χ3v) is 9.89. The lowest BCUT2D eigenvalue weighted by Crippen LogP contribution is -2.38. The second kappa shape index (κ2) is 11.7. The third kappa shape index (κ3) is 5.54. The topological polar surface area (TPSA) is 107 Å². The lowest BCUT2D eigenvalue weighted by molar-refractivity contribution is 0.0669. The Balaban J connectivity index is 1.29. The van der Waals surface area contributed by atoms with Gasteiger partial charge in [0.25, 0.3) is 5.56 Å². The first-order valence-corrected chi connectivity index (χ1v) is 16.2. The van der Waals surface area contributed by atoms with Crippen LogP contribution in [0.4, 0.5) is 10.2 Å². The average molecular weight is 637 g/mol. The zero-order valence-corrected chi connectivity index (χ0v) is 27.5. The molecular formula is C37H41FN6O3. The van der Waals surface area contributed by atoms with Crippen LogP contribution in [0.25, 0.3) is 22.0 Å². The predicted molar refractivity (Wildman–Crippen MR) is 182 cm³/mol. The minimum Gasteiger partial charge on any atom is -0.392 e. The number of aliphatic hydroxyl groups is 2. The molecule has 10 heteroatoms. The van der Waals surface area contributed by atoms with Gasteiger partial charge in [-0.25, -0.2) is 9.37 Å². The Bertz CT molecular complexity index is 1990. The van der Waals surface area contributed by atoms with Gasteiger partial charge in [-0.15, -0.1) is 0 Å². The van der Waals surface area contributed by atoms with Crippen molar-refractivity contribution in [3.8, 4) is 5.69 Å². The van der Waals surface area contributed by atoms with Crippen molar-refractivity contribution in [2.24, 2.45) is 0 Å². The van der Waals surface area contributed by atoms with Gasteiger partial charge >= 0.3 is 0 Å². The van der Waals surface area contributed by atoms with Crippen LogP contribution in [0.15, 0.2) is 77.1 Å². The van der Waals surface area contributed by atoms with Crippen LogP contribution < -0.4 is 10.9 Å². The standard InChI is InChI=1S/C37H41FN6O3/c1-37(2,3)23-14-22-20-40-44(36(47)34(22)28(38)15-23)31-9-6-8-25-26(31)16-24(45)17-32-27(25)18-29(35(46)43(32)5)41-33-12-11-21(19-39-33)30-10-7-13-42(30)4/h6,8-9,11-12,14-15,18-20,24,30,35,45-46H,7,10,13,16-17H2,1-5H3,(H,39,41)/t24?,30-,35?/m0/s1. The molecule has 0 spiro atoms. The molecule has 1 saturated heterocycles. The SMILES string of the molecule is CN1C2=C(C=C(Nc3ccc([C@@H]4CCCN4C)cn3)C1O)c1cccc(-n3ncc4cc(C(C)(C)C)cc(F)c4c3=O)c1CC(O)C2. The number of anilines is 1. The summed E-state index contributed by atoms with van der Waals surface area (Å²) in [6.07, 6.45) is 6.36. The smallest absolute Gasteiger partial charge is 0.282 e. The lowest BCUT2D eigenvalue weighted by atomic mass is 9.86. The molecule has 4 heterocycles. The summed E-state index contributed by atoms with van der Waals surface area (Å²) in [4.78, 5) is 22.6. The molecule has 2 aromatic heterocycles. The van der Waals surface area contributed by atoms with Crippen molar-refractivity contribution in [2.75, 3.05) is 26.0 Å². The van der Waals surface area contributed by atoms with Crippen LogP contribution in [-0.4, -0.2) is 67.7 Å². The van der Waals surface area contributed by atoms with E-state index in [1.165, 1.54) is 28.9 Å². The molecule has 3 aliphatic rings. The summed E-state index contributed by atoms with van der Waals surface area (Å²) in [7, 11) is 3.93. The van der Waals surface area contributed by atoms with Crippen molar-refractivity contribution in [1.82, 2.24) is 24.6 Å². The first-order chi connectivity index (χ1) is 22.4. The third-order valence-electron chi connectivity index (χ3n) is 9.89. The number of nitrogens with zero attached hydrogens (tertiary/aromatic N) is 5. The summed E-state index contributed by atoms with van der Waals surface area (Å²) in [5, 5.41) is 30.8. The first kappa shape index (κ1) is 31.2. The van der Waals surface area contributed by atoms with E-state index >= 15 is 4.39 Å². The van der Waals surface area contributed by atoms with Gasteiger partial charge < -0.3 is 20.4 Å². The maximum Gasteiger partial charge on any atom is 0.282 e. The Hall–Kier alpha value is -4.38. The fraction of sp³-hybridized carbons (Fsp3) is 0.378. The van der Waals surface area contributed by atoms with Gasteiger partial charge in [0.05, 0.1) is 29.1 Å². The molecule has 4 aromatic rings. The molecule has 9 nitrogen and oxygen atoms in total. The van der Waals surface area contributed by atoms with E-state index in [0.717, 1.165) is 35.4 Å². The number of fused-ring (bicyclic) bond motifs is 3. The normalized spacial score (nSPS) is 21.8. The minimum absolute atomic E-state index is 0.0234. The number of pyridine rings is 1. The monoisotopic (exact) mass is 636 g/mol. The quantitative estimate of drug-likeness (QED) is 0.279. The Morgan fingerprint density at radius 1 is 1.04 bits per heavy atom. The Kier molecular flexibility index (Phi) is 7.77. The summed E-state index contributed by atoms with van der Waals surface area (Å²) in [6, 6.07) is 13.2. The molecule has 0 radical (unpaired) electrons. The van der Waals surface area contributed by atoms with Gasteiger partial charge in [-0.3, -0.25) is 9.69 Å². The molecule has 2 unspecified atom stereocenters. The summed E-state index contributed by atoms with van der Waals surface area (Å²) in [6.45, 7) is 7.06. The first-order valence-electron chi connectivity index (χ1n) is 16.2. The van der Waals surface area contributed by atoms with Gasteiger partial charge in [-0.05, 0) is 84.4 Å². The summed E-state index contributed by atoms with van der Waals surface area (Å²) in [5.74, 6) is 0.0300. The van der Waals surface area contributed by atoms with E-state index in [1.54, 1.807) is 18.0 Å². The van der Waals surface area contributed by atoms with Crippen LogP contribution >= 0.6 is 0 Å². The number of hydrogen-bond donors (Lipinski definition) is 3. The zero-order valence-electron chi connectivity index (χ0n) is 27.5. The van der Waals surface area contributed by atoms with Crippen LogP contribution in [0.2, 0.25) is 0 Å². The number of aromatic nitrogens is 3. The molecule has 1 aliphatic carbocycles. The van der Waals surface area contributed by atoms with Crippen molar-refractivity contribution in [3.05, 3.63) is 111 Å². The number of aliphatic hydroxyl groups excluding tert-OH is 2. The summed E-state index contributed by atoms with van der Waals surface area (Å²) < 4.78 is 16.7. The summed E-state index contributed by atoms with van der Waals surface area (Å²) >= 11 is 0. The molecule has 2 aliphatic heterocycles. The highest BCUT2D eigenvalue weighted by molar-refractivity contribution is 5.85. The Morgan fingerprint density at radius 2 is 1.85 bits per heavy atom. The molecule has 0 saturated carbocycles. The molecule has 3 atom stereocenters. The molecule has 0 bridgehead atoms. The fourth-order valence-corrected chi connectivity index (χ4v) is 7.21. The van der Waals surface area contributed by atoms with Gasteiger partial charge in [0, 0.05) is 48.8 Å². The highest BCUT2D eigenvalue weighted by Gasteiger charge is 2.33. The molecular weight excluding hydrogens is 595 g/mol. The van der Waals surface area contributed by atoms with E-state index < -0.39 is 23.7 Å². The van der Waals surface area contributed by atoms with Crippen LogP contribution in [0.5, 0.6) is 0 Å². The van der Waals surface area contributed by atoms with Crippen LogP contribution in [-0.2, 0) is 11.8 Å². The Morgan fingerprint density at radius 3 is 2.55 bits per heavy atom. The molecule has 3 N–H and O–H groups in total. The maximum atomic E-state index is 15.5. The molecule has 0 amide bonds. The van der Waals surface area contributed by atoms with Crippen LogP contribution in [0.3, 0.4) is 0 Å². The highest BCUT2D eigenvalue weighted by atomic mass is 19.1. The van der Waals surface area contributed by atoms with Gasteiger partial charge in [0.1, 0.15) is 11.6 Å². The largest absolute Gasteiger partial charge is 0.392 e. The van der Waals surface area contributed by atoms with Crippen LogP contribution in [0.1, 0.15) is 68.3 Å². The van der Waals surface area contributed by atoms with Crippen molar-refractivity contribution < 1.29 is 14.6 Å². The van der Waals surface area contributed by atoms with Crippen molar-refractivity contribution in [1.29, 1.82) is 0 Å². The van der Waals surface area contributed by atoms with Gasteiger partial charge in [0.2, 0.25) is 0 Å². The number of rotatable bonds is 4. The number of benzene rings is 2. The number of hydrogen-bond acceptors (Lipinski definition) is 8. The number of allylic oxidation sites excluding steroid dienone is 2. The van der Waals surface area contributed by atoms with Gasteiger partial charge in [-0.2, -0.15) is 9.78 Å². The highest BCUT2D eigenvalue weighted by Crippen LogP contribution is 2.40. The minimum atomic E-state index is -0.987. The Labute approximate surface area is 273 Å². The summed E-state index contributed by atoms with van der Waals surface area (Å²) in [5.41, 5.74) is 5.22. The number of nitrogens with one attached hydrogen (secondary N) is 1. The molecule has 7 rings (SSSR count). The van der Waals surface area contributed by atoms with Gasteiger partial charge in [0.15, 0.2) is 6.23 Å².